The molecule has 1 rings (SSSR count). The van der Waals surface area contributed by atoms with Crippen molar-refractivity contribution in [2.24, 2.45) is 0 Å². The van der Waals surface area contributed by atoms with E-state index in [-0.39, 0.29) is 12.2 Å². The van der Waals surface area contributed by atoms with Crippen molar-refractivity contribution in [2.75, 3.05) is 5.75 Å². The predicted molar refractivity (Wildman–Crippen MR) is 65.8 cm³/mol. The molecule has 0 radical (unpaired) electrons. The summed E-state index contributed by atoms with van der Waals surface area (Å²) in [6.07, 6.45) is -0.0831. The summed E-state index contributed by atoms with van der Waals surface area (Å²) >= 11 is 0. The van der Waals surface area contributed by atoms with Gasteiger partial charge in [-0.1, -0.05) is 12.1 Å². The van der Waals surface area contributed by atoms with Crippen molar-refractivity contribution in [1.29, 1.82) is 5.26 Å². The molecule has 0 heterocycles. The van der Waals surface area contributed by atoms with Gasteiger partial charge in [0.05, 0.1) is 6.07 Å². The van der Waals surface area contributed by atoms with Gasteiger partial charge in [-0.3, -0.25) is 4.79 Å². The highest BCUT2D eigenvalue weighted by molar-refractivity contribution is 7.89. The Morgan fingerprint density at radius 2 is 1.95 bits per heavy atom. The zero-order chi connectivity index (χ0) is 14.5. The van der Waals surface area contributed by atoms with E-state index in [1.165, 1.54) is 30.3 Å². The number of benzene rings is 1. The smallest absolute Gasteiger partial charge is 0.322 e. The standard InChI is InChI=1S/C11H12N2O5S/c12-5-6-19(17,18)13-10(11(15)16)7-8-1-3-9(14)4-2-8/h1-4,10,13-14H,6-7H2,(H,15,16). The van der Waals surface area contributed by atoms with Crippen LogP contribution in [0.4, 0.5) is 0 Å². The van der Waals surface area contributed by atoms with E-state index in [2.05, 4.69) is 0 Å². The number of sulfonamides is 1. The Morgan fingerprint density at radius 1 is 1.37 bits per heavy atom. The molecule has 0 aliphatic heterocycles. The maximum Gasteiger partial charge on any atom is 0.322 e. The van der Waals surface area contributed by atoms with E-state index in [0.717, 1.165) is 0 Å². The lowest BCUT2D eigenvalue weighted by Gasteiger charge is -2.13. The number of rotatable bonds is 6. The van der Waals surface area contributed by atoms with Crippen molar-refractivity contribution in [3.63, 3.8) is 0 Å². The molecule has 1 atom stereocenters. The van der Waals surface area contributed by atoms with E-state index in [0.29, 0.717) is 5.56 Å². The first-order valence-corrected chi connectivity index (χ1v) is 6.87. The van der Waals surface area contributed by atoms with Crippen molar-refractivity contribution < 1.29 is 23.4 Å². The van der Waals surface area contributed by atoms with E-state index in [1.807, 2.05) is 4.72 Å². The van der Waals surface area contributed by atoms with Crippen LogP contribution in [0.3, 0.4) is 0 Å². The molecule has 3 N–H and O–H groups in total. The maximum atomic E-state index is 11.4. The quantitative estimate of drug-likeness (QED) is 0.665. The first kappa shape index (κ1) is 14.9. The van der Waals surface area contributed by atoms with Crippen molar-refractivity contribution in [1.82, 2.24) is 4.72 Å². The fourth-order valence-electron chi connectivity index (χ4n) is 1.39. The third-order valence-corrected chi connectivity index (χ3v) is 3.40. The van der Waals surface area contributed by atoms with Crippen molar-refractivity contribution in [3.05, 3.63) is 29.8 Å². The van der Waals surface area contributed by atoms with Gasteiger partial charge < -0.3 is 10.2 Å². The van der Waals surface area contributed by atoms with Gasteiger partial charge in [0, 0.05) is 0 Å². The Balaban J connectivity index is 2.83. The zero-order valence-corrected chi connectivity index (χ0v) is 10.6. The number of hydrogen-bond acceptors (Lipinski definition) is 5. The van der Waals surface area contributed by atoms with Gasteiger partial charge in [-0.05, 0) is 24.1 Å². The highest BCUT2D eigenvalue weighted by Crippen LogP contribution is 2.11. The Bertz CT molecular complexity index is 589. The molecule has 0 aliphatic carbocycles. The minimum Gasteiger partial charge on any atom is -0.508 e. The molecule has 0 bridgehead atoms. The van der Waals surface area contributed by atoms with Gasteiger partial charge in [0.1, 0.15) is 11.8 Å². The number of hydrogen-bond donors (Lipinski definition) is 3. The maximum absolute atomic E-state index is 11.4. The molecule has 0 aromatic heterocycles. The predicted octanol–water partition coefficient (Wildman–Crippen LogP) is -0.169. The minimum absolute atomic E-state index is 0.0284. The van der Waals surface area contributed by atoms with Crippen molar-refractivity contribution in [2.45, 2.75) is 12.5 Å². The molecule has 8 heteroatoms. The Morgan fingerprint density at radius 3 is 2.42 bits per heavy atom. The van der Waals surface area contributed by atoms with E-state index < -0.39 is 27.8 Å². The SMILES string of the molecule is N#CCS(=O)(=O)NC(Cc1ccc(O)cc1)C(=O)O. The summed E-state index contributed by atoms with van der Waals surface area (Å²) < 4.78 is 24.7. The monoisotopic (exact) mass is 284 g/mol. The third kappa shape index (κ3) is 4.95. The largest absolute Gasteiger partial charge is 0.508 e. The molecule has 19 heavy (non-hydrogen) atoms. The summed E-state index contributed by atoms with van der Waals surface area (Å²) in [5.41, 5.74) is 0.546. The average molecular weight is 284 g/mol. The number of carboxylic acid groups (broad SMARTS) is 1. The van der Waals surface area contributed by atoms with Crippen LogP contribution in [0.1, 0.15) is 5.56 Å². The topological polar surface area (TPSA) is 127 Å². The van der Waals surface area contributed by atoms with E-state index in [9.17, 15) is 13.2 Å². The molecular formula is C11H12N2O5S. The number of nitrogens with zero attached hydrogens (tertiary/aromatic N) is 1. The van der Waals surface area contributed by atoms with Crippen LogP contribution in [0.25, 0.3) is 0 Å². The van der Waals surface area contributed by atoms with Gasteiger partial charge in [-0.25, -0.2) is 8.42 Å². The number of aliphatic carboxylic acids is 1. The summed E-state index contributed by atoms with van der Waals surface area (Å²) in [6, 6.07) is 5.81. The van der Waals surface area contributed by atoms with E-state index in [4.69, 9.17) is 15.5 Å². The summed E-state index contributed by atoms with van der Waals surface area (Å²) in [7, 11) is -3.95. The van der Waals surface area contributed by atoms with Crippen LogP contribution in [0.2, 0.25) is 0 Å². The molecule has 0 saturated heterocycles. The first-order valence-electron chi connectivity index (χ1n) is 5.22. The number of phenols is 1. The number of phenolic OH excluding ortho intramolecular Hbond substituents is 1. The number of carbonyl (C=O) groups is 1. The summed E-state index contributed by atoms with van der Waals surface area (Å²) in [4.78, 5) is 11.0. The van der Waals surface area contributed by atoms with Crippen LogP contribution < -0.4 is 4.72 Å². The molecule has 1 aromatic rings. The normalized spacial score (nSPS) is 12.6. The average Bonchev–Trinajstić information content (AvgIpc) is 2.30. The lowest BCUT2D eigenvalue weighted by atomic mass is 10.1. The van der Waals surface area contributed by atoms with Crippen LogP contribution >= 0.6 is 0 Å². The van der Waals surface area contributed by atoms with Crippen LogP contribution in [0, 0.1) is 11.3 Å². The van der Waals surface area contributed by atoms with Gasteiger partial charge in [0.15, 0.2) is 5.75 Å². The fourth-order valence-corrected chi connectivity index (χ4v) is 2.26. The number of nitrogens with one attached hydrogen (secondary N) is 1. The Kier molecular flexibility index (Phi) is 4.86. The van der Waals surface area contributed by atoms with Crippen molar-refractivity contribution in [3.8, 4) is 11.8 Å². The molecule has 0 fully saturated rings. The fraction of sp³-hybridized carbons (Fsp3) is 0.273. The molecule has 1 aromatic carbocycles. The molecule has 0 aliphatic rings. The Hall–Kier alpha value is -2.11. The second kappa shape index (κ2) is 6.17. The number of aromatic hydroxyl groups is 1. The second-order valence-electron chi connectivity index (χ2n) is 3.80. The number of carboxylic acids is 1. The van der Waals surface area contributed by atoms with E-state index in [1.54, 1.807) is 0 Å². The molecular weight excluding hydrogens is 272 g/mol. The molecule has 0 amide bonds. The molecule has 7 nitrogen and oxygen atoms in total. The molecule has 1 unspecified atom stereocenters. The highest BCUT2D eigenvalue weighted by Gasteiger charge is 2.24. The minimum atomic E-state index is -3.95. The van der Waals surface area contributed by atoms with Gasteiger partial charge in [-0.15, -0.1) is 0 Å². The first-order chi connectivity index (χ1) is 8.84. The summed E-state index contributed by atoms with van der Waals surface area (Å²) in [6.45, 7) is 0. The number of nitriles is 1. The second-order valence-corrected chi connectivity index (χ2v) is 5.55. The zero-order valence-electron chi connectivity index (χ0n) is 9.78. The van der Waals surface area contributed by atoms with Gasteiger partial charge in [0.25, 0.3) is 0 Å². The van der Waals surface area contributed by atoms with Crippen molar-refractivity contribution >= 4 is 16.0 Å². The van der Waals surface area contributed by atoms with Crippen LogP contribution in [0.5, 0.6) is 5.75 Å². The van der Waals surface area contributed by atoms with Crippen LogP contribution in [-0.2, 0) is 21.2 Å². The van der Waals surface area contributed by atoms with Crippen LogP contribution in [0.15, 0.2) is 24.3 Å². The van der Waals surface area contributed by atoms with Gasteiger partial charge in [0.2, 0.25) is 10.0 Å². The summed E-state index contributed by atoms with van der Waals surface area (Å²) in [5.74, 6) is -2.11. The molecule has 0 saturated carbocycles. The summed E-state index contributed by atoms with van der Waals surface area (Å²) in [5, 5.41) is 26.4. The van der Waals surface area contributed by atoms with Gasteiger partial charge >= 0.3 is 5.97 Å². The lowest BCUT2D eigenvalue weighted by Crippen LogP contribution is -2.43. The van der Waals surface area contributed by atoms with Crippen LogP contribution in [-0.4, -0.2) is 36.4 Å². The van der Waals surface area contributed by atoms with E-state index >= 15 is 0 Å². The lowest BCUT2D eigenvalue weighted by molar-refractivity contribution is -0.138. The van der Waals surface area contributed by atoms with Gasteiger partial charge in [-0.2, -0.15) is 9.98 Å². The Labute approximate surface area is 110 Å². The molecule has 102 valence electrons. The molecule has 0 spiro atoms. The third-order valence-electron chi connectivity index (χ3n) is 2.25. The highest BCUT2D eigenvalue weighted by atomic mass is 32.2.